The van der Waals surface area contributed by atoms with Crippen molar-refractivity contribution in [2.75, 3.05) is 13.2 Å². The first-order valence-electron chi connectivity index (χ1n) is 4.92. The monoisotopic (exact) mass is 259 g/mol. The third-order valence-electron chi connectivity index (χ3n) is 1.74. The molecule has 0 aromatic carbocycles. The Bertz CT molecular complexity index is 429. The number of nitrogens with two attached hydrogens (primary N) is 1. The maximum atomic E-state index is 11.3. The van der Waals surface area contributed by atoms with Gasteiger partial charge < -0.3 is 26.1 Å². The number of hydrogen-bond donors (Lipinski definition) is 4. The summed E-state index contributed by atoms with van der Waals surface area (Å²) < 4.78 is 9.29. The number of nitrogens with zero attached hydrogens (tertiary/aromatic N) is 3. The molecule has 0 fully saturated rings. The number of aliphatic hydroxyl groups is 1. The molecule has 0 aliphatic heterocycles. The van der Waals surface area contributed by atoms with Crippen molar-refractivity contribution in [2.24, 2.45) is 10.9 Å². The van der Waals surface area contributed by atoms with Crippen molar-refractivity contribution >= 4 is 11.7 Å². The highest BCUT2D eigenvalue weighted by molar-refractivity contribution is 5.97. The Labute approximate surface area is 101 Å². The molecule has 0 unspecified atom stereocenters. The molecule has 0 saturated heterocycles. The van der Waals surface area contributed by atoms with Crippen LogP contribution in [0.2, 0.25) is 0 Å². The quantitative estimate of drug-likeness (QED) is 0.198. The highest BCUT2D eigenvalue weighted by Crippen LogP contribution is 2.11. The molecule has 1 aromatic heterocycles. The predicted molar refractivity (Wildman–Crippen MR) is 57.0 cm³/mol. The first-order valence-corrected chi connectivity index (χ1v) is 4.92. The molecule has 10 heteroatoms. The van der Waals surface area contributed by atoms with Gasteiger partial charge in [0.1, 0.15) is 0 Å². The van der Waals surface area contributed by atoms with Crippen LogP contribution in [0.5, 0.6) is 5.88 Å². The van der Waals surface area contributed by atoms with Gasteiger partial charge in [0.25, 0.3) is 11.8 Å². The summed E-state index contributed by atoms with van der Waals surface area (Å²) in [6.07, 6.45) is -0.657. The number of nitrogens with one attached hydrogen (secondary N) is 1. The number of carbonyl (C=O) groups excluding carboxylic acids is 1. The number of hydrogen-bond acceptors (Lipinski definition) is 8. The molecule has 0 aliphatic rings. The average Bonchev–Trinajstić information content (AvgIpc) is 2.81. The zero-order chi connectivity index (χ0) is 13.5. The van der Waals surface area contributed by atoms with Crippen molar-refractivity contribution in [3.05, 3.63) is 5.69 Å². The Kier molecular flexibility index (Phi) is 4.87. The average molecular weight is 259 g/mol. The SMILES string of the molecule is C[C@H](O)CNC(=O)COc1nonc1/C(N)=N/O. The molecular formula is C8H13N5O5. The lowest BCUT2D eigenvalue weighted by molar-refractivity contribution is -0.123. The van der Waals surface area contributed by atoms with E-state index >= 15 is 0 Å². The topological polar surface area (TPSA) is 156 Å². The van der Waals surface area contributed by atoms with Gasteiger partial charge >= 0.3 is 0 Å². The van der Waals surface area contributed by atoms with Gasteiger partial charge in [-0.3, -0.25) is 4.79 Å². The molecule has 1 aromatic rings. The Hall–Kier alpha value is -2.36. The van der Waals surface area contributed by atoms with E-state index in [1.54, 1.807) is 0 Å². The highest BCUT2D eigenvalue weighted by Gasteiger charge is 2.17. The van der Waals surface area contributed by atoms with Crippen LogP contribution in [-0.4, -0.2) is 51.6 Å². The van der Waals surface area contributed by atoms with Crippen LogP contribution in [0, 0.1) is 0 Å². The summed E-state index contributed by atoms with van der Waals surface area (Å²) in [5.41, 5.74) is 5.16. The molecule has 0 bridgehead atoms. The molecule has 10 nitrogen and oxygen atoms in total. The molecular weight excluding hydrogens is 246 g/mol. The smallest absolute Gasteiger partial charge is 0.287 e. The van der Waals surface area contributed by atoms with Crippen molar-refractivity contribution in [2.45, 2.75) is 13.0 Å². The number of carbonyl (C=O) groups is 1. The molecule has 1 heterocycles. The van der Waals surface area contributed by atoms with Gasteiger partial charge in [-0.25, -0.2) is 4.63 Å². The number of amides is 1. The number of amidine groups is 1. The van der Waals surface area contributed by atoms with Gasteiger partial charge in [0.05, 0.1) is 6.10 Å². The van der Waals surface area contributed by atoms with Crippen LogP contribution in [0.3, 0.4) is 0 Å². The van der Waals surface area contributed by atoms with E-state index in [2.05, 4.69) is 25.4 Å². The van der Waals surface area contributed by atoms with Crippen LogP contribution in [0.15, 0.2) is 9.78 Å². The minimum absolute atomic E-state index is 0.104. The summed E-state index contributed by atoms with van der Waals surface area (Å²) in [6, 6.07) is 0. The maximum Gasteiger partial charge on any atom is 0.287 e. The van der Waals surface area contributed by atoms with Gasteiger partial charge in [0.2, 0.25) is 5.69 Å². The van der Waals surface area contributed by atoms with E-state index in [9.17, 15) is 4.79 Å². The second-order valence-electron chi connectivity index (χ2n) is 3.34. The second-order valence-corrected chi connectivity index (χ2v) is 3.34. The van der Waals surface area contributed by atoms with Crippen LogP contribution in [0.25, 0.3) is 0 Å². The van der Waals surface area contributed by atoms with E-state index in [-0.39, 0.29) is 30.6 Å². The Morgan fingerprint density at radius 2 is 2.39 bits per heavy atom. The Balaban J connectivity index is 2.49. The fraction of sp³-hybridized carbons (Fsp3) is 0.500. The largest absolute Gasteiger partial charge is 0.464 e. The lowest BCUT2D eigenvalue weighted by Crippen LogP contribution is -2.34. The van der Waals surface area contributed by atoms with Crippen LogP contribution in [0.1, 0.15) is 12.6 Å². The van der Waals surface area contributed by atoms with Crippen molar-refractivity contribution in [1.29, 1.82) is 0 Å². The molecule has 0 saturated carbocycles. The summed E-state index contributed by atoms with van der Waals surface area (Å²) >= 11 is 0. The van der Waals surface area contributed by atoms with Gasteiger partial charge in [-0.2, -0.15) is 0 Å². The van der Waals surface area contributed by atoms with Gasteiger partial charge in [-0.05, 0) is 17.2 Å². The molecule has 0 spiro atoms. The molecule has 1 rings (SSSR count). The zero-order valence-electron chi connectivity index (χ0n) is 9.53. The van der Waals surface area contributed by atoms with Gasteiger partial charge in [0, 0.05) is 6.54 Å². The molecule has 18 heavy (non-hydrogen) atoms. The zero-order valence-corrected chi connectivity index (χ0v) is 9.53. The van der Waals surface area contributed by atoms with E-state index in [4.69, 9.17) is 20.8 Å². The second kappa shape index (κ2) is 6.39. The molecule has 0 radical (unpaired) electrons. The van der Waals surface area contributed by atoms with Crippen molar-refractivity contribution in [3.63, 3.8) is 0 Å². The Morgan fingerprint density at radius 3 is 3.00 bits per heavy atom. The number of aliphatic hydroxyl groups excluding tert-OH is 1. The molecule has 100 valence electrons. The van der Waals surface area contributed by atoms with Gasteiger partial charge in [-0.15, -0.1) is 0 Å². The van der Waals surface area contributed by atoms with Crippen LogP contribution < -0.4 is 15.8 Å². The summed E-state index contributed by atoms with van der Waals surface area (Å²) in [7, 11) is 0. The van der Waals surface area contributed by atoms with Gasteiger partial charge in [-0.1, -0.05) is 5.16 Å². The van der Waals surface area contributed by atoms with Crippen LogP contribution in [-0.2, 0) is 4.79 Å². The minimum atomic E-state index is -0.657. The van der Waals surface area contributed by atoms with Gasteiger partial charge in [0.15, 0.2) is 12.4 Å². The van der Waals surface area contributed by atoms with E-state index in [0.717, 1.165) is 0 Å². The minimum Gasteiger partial charge on any atom is -0.464 e. The number of ether oxygens (including phenoxy) is 1. The predicted octanol–water partition coefficient (Wildman–Crippen LogP) is -1.96. The van der Waals surface area contributed by atoms with E-state index in [1.165, 1.54) is 6.92 Å². The van der Waals surface area contributed by atoms with Crippen LogP contribution in [0.4, 0.5) is 0 Å². The fourth-order valence-electron chi connectivity index (χ4n) is 0.925. The van der Waals surface area contributed by atoms with Crippen LogP contribution >= 0.6 is 0 Å². The normalized spacial score (nSPS) is 13.1. The summed E-state index contributed by atoms with van der Waals surface area (Å²) in [4.78, 5) is 11.3. The van der Waals surface area contributed by atoms with E-state index < -0.39 is 12.0 Å². The standard InChI is InChI=1S/C8H13N5O5/c1-4(14)2-10-5(15)3-17-8-6(7(9)11-16)12-18-13-8/h4,14,16H,2-3H2,1H3,(H2,9,11)(H,10,15)/t4-/m0/s1. The summed E-state index contributed by atoms with van der Waals surface area (Å²) in [5.74, 6) is -0.988. The highest BCUT2D eigenvalue weighted by atomic mass is 16.6. The fourth-order valence-corrected chi connectivity index (χ4v) is 0.925. The molecule has 1 amide bonds. The van der Waals surface area contributed by atoms with Crippen molar-refractivity contribution in [3.8, 4) is 5.88 Å². The first-order chi connectivity index (χ1) is 8.54. The number of rotatable bonds is 6. The molecule has 5 N–H and O–H groups in total. The summed E-state index contributed by atoms with van der Waals surface area (Å²) in [5, 5.41) is 29.2. The van der Waals surface area contributed by atoms with E-state index in [1.807, 2.05) is 0 Å². The third-order valence-corrected chi connectivity index (χ3v) is 1.74. The lowest BCUT2D eigenvalue weighted by atomic mass is 10.4. The van der Waals surface area contributed by atoms with Crippen molar-refractivity contribution < 1.29 is 24.5 Å². The van der Waals surface area contributed by atoms with E-state index in [0.29, 0.717) is 0 Å². The number of aromatic nitrogens is 2. The lowest BCUT2D eigenvalue weighted by Gasteiger charge is -2.07. The maximum absolute atomic E-state index is 11.3. The van der Waals surface area contributed by atoms with Crippen molar-refractivity contribution in [1.82, 2.24) is 15.6 Å². The molecule has 0 aliphatic carbocycles. The Morgan fingerprint density at radius 1 is 1.67 bits per heavy atom. The first kappa shape index (κ1) is 13.7. The number of oxime groups is 1. The molecule has 1 atom stereocenters. The summed E-state index contributed by atoms with van der Waals surface area (Å²) in [6.45, 7) is 1.26. The third kappa shape index (κ3) is 3.90.